The Balaban J connectivity index is -0.00000000357. The average molecular weight is 882 g/mol. The van der Waals surface area contributed by atoms with Crippen molar-refractivity contribution in [3.05, 3.63) is 0 Å². The van der Waals surface area contributed by atoms with Crippen LogP contribution in [0.5, 0.6) is 0 Å². The fourth-order valence-corrected chi connectivity index (χ4v) is 0. The van der Waals surface area contributed by atoms with Crippen molar-refractivity contribution in [3.63, 3.8) is 0 Å². The van der Waals surface area contributed by atoms with Gasteiger partial charge in [-0.2, -0.15) is 0 Å². The van der Waals surface area contributed by atoms with Crippen molar-refractivity contribution >= 4 is 98.4 Å². The molecule has 0 aromatic carbocycles. The van der Waals surface area contributed by atoms with Crippen LogP contribution in [-0.2, 0) is 0 Å². The Labute approximate surface area is 216 Å². The van der Waals surface area contributed by atoms with Gasteiger partial charge in [0.2, 0.25) is 0 Å². The molecular weight excluding hydrogens is 881 g/mol. The van der Waals surface area contributed by atoms with Gasteiger partial charge in [0.05, 0.1) is 0 Å². The molecule has 9 heavy (non-hydrogen) atoms. The molecule has 0 aliphatic rings. The SMILES string of the molecule is I.II.I[I-]I.[Ar].[Ar].[Ar]. The van der Waals surface area contributed by atoms with Crippen LogP contribution in [0.2, 0.25) is 0 Å². The van der Waals surface area contributed by atoms with Crippen LogP contribution in [0, 0.1) is 113 Å². The summed E-state index contributed by atoms with van der Waals surface area (Å²) in [4.78, 5) is 0. The van der Waals surface area contributed by atoms with Crippen LogP contribution in [0.15, 0.2) is 0 Å². The molecule has 0 heterocycles. The number of halogens is 6. The third-order valence-corrected chi connectivity index (χ3v) is 0. The summed E-state index contributed by atoms with van der Waals surface area (Å²) >= 11 is 9.54. The number of hydrogen-bond acceptors (Lipinski definition) is 0. The van der Waals surface area contributed by atoms with E-state index < -0.39 is 0 Å². The molecule has 0 fully saturated rings. The molecule has 0 nitrogen and oxygen atoms in total. The van der Waals surface area contributed by atoms with Crippen LogP contribution in [0.3, 0.4) is 0 Å². The molecule has 0 bridgehead atoms. The van der Waals surface area contributed by atoms with Crippen LogP contribution >= 0.6 is 98.4 Å². The molecule has 0 saturated carbocycles. The zero-order chi connectivity index (χ0) is 4.71. The predicted molar refractivity (Wildman–Crippen MR) is 71.5 cm³/mol. The Hall–Kier alpha value is 8.16. The van der Waals surface area contributed by atoms with E-state index in [0.29, 0.717) is 13.3 Å². The summed E-state index contributed by atoms with van der Waals surface area (Å²) in [6.07, 6.45) is 0. The minimum Gasteiger partial charge on any atom is 0 e. The maximum Gasteiger partial charge on any atom is 0 e. The van der Waals surface area contributed by atoms with E-state index in [2.05, 4.69) is 74.5 Å². The molecular formula is HAr3I6-. The van der Waals surface area contributed by atoms with E-state index in [1.54, 1.807) is 0 Å². The first-order chi connectivity index (χ1) is 2.41. The third-order valence-electron chi connectivity index (χ3n) is 0. The zero-order valence-corrected chi connectivity index (χ0v) is 18.6. The molecule has 0 aromatic heterocycles. The summed E-state index contributed by atoms with van der Waals surface area (Å²) in [7, 11) is 0. The molecule has 0 spiro atoms. The van der Waals surface area contributed by atoms with Crippen LogP contribution in [-0.4, -0.2) is 0 Å². The first-order valence-electron chi connectivity index (χ1n) is 0.429. The van der Waals surface area contributed by atoms with Crippen LogP contribution in [0.1, 0.15) is 0 Å². The minimum absolute atomic E-state index is 0. The van der Waals surface area contributed by atoms with Crippen molar-refractivity contribution < 1.29 is 126 Å². The maximum atomic E-state index is 2.39. The summed E-state index contributed by atoms with van der Waals surface area (Å²) in [5.74, 6) is 0. The smallest absolute Gasteiger partial charge is 0 e. The van der Waals surface area contributed by atoms with Crippen LogP contribution in [0.25, 0.3) is 0 Å². The average Bonchev–Trinajstić information content (AvgIpc) is 1.46. The molecule has 0 atom stereocenters. The van der Waals surface area contributed by atoms with E-state index in [4.69, 9.17) is 0 Å². The van der Waals surface area contributed by atoms with Crippen LogP contribution in [0.4, 0.5) is 0 Å². The molecule has 0 aromatic rings. The van der Waals surface area contributed by atoms with Gasteiger partial charge < -0.3 is 0 Å². The maximum absolute atomic E-state index is 2.39. The normalized spacial score (nSPS) is 3.11. The van der Waals surface area contributed by atoms with Crippen molar-refractivity contribution in [1.29, 1.82) is 0 Å². The molecule has 0 N–H and O–H groups in total. The molecule has 0 aliphatic carbocycles. The van der Waals surface area contributed by atoms with Crippen molar-refractivity contribution in [1.82, 2.24) is 0 Å². The quantitative estimate of drug-likeness (QED) is 0.321. The second-order valence-electron chi connectivity index (χ2n) is 0.0540. The largest absolute Gasteiger partial charge is 0 e. The van der Waals surface area contributed by atoms with E-state index in [9.17, 15) is 0 Å². The molecule has 0 unspecified atom stereocenters. The van der Waals surface area contributed by atoms with E-state index in [-0.39, 0.29) is 137 Å². The summed E-state index contributed by atoms with van der Waals surface area (Å²) < 4.78 is 0. The van der Waals surface area contributed by atoms with Crippen molar-refractivity contribution in [2.45, 2.75) is 0 Å². The van der Waals surface area contributed by atoms with Gasteiger partial charge in [-0.15, -0.1) is 24.0 Å². The van der Waals surface area contributed by atoms with E-state index >= 15 is 0 Å². The summed E-state index contributed by atoms with van der Waals surface area (Å²) in [5.41, 5.74) is 0. The van der Waals surface area contributed by atoms with Gasteiger partial charge in [-0.25, -0.2) is 0 Å². The standard InChI is InChI=1S/3Ar.I3.I2.HI/c;;;1-3-2;1-2;/h;;;;;1H/q;;;-1;;. The van der Waals surface area contributed by atoms with Gasteiger partial charge in [0.1, 0.15) is 0 Å². The van der Waals surface area contributed by atoms with Gasteiger partial charge in [-0.05, 0) is 0 Å². The number of rotatable bonds is 0. The van der Waals surface area contributed by atoms with Gasteiger partial charge in [-0.3, -0.25) is 0 Å². The van der Waals surface area contributed by atoms with Crippen molar-refractivity contribution in [2.75, 3.05) is 0 Å². The topological polar surface area (TPSA) is 0 Å². The zero-order valence-electron chi connectivity index (χ0n) is 3.36. The van der Waals surface area contributed by atoms with Crippen molar-refractivity contribution in [2.24, 2.45) is 0 Å². The molecule has 68 valence electrons. The molecule has 0 radical (unpaired) electrons. The predicted octanol–water partition coefficient (Wildman–Crippen LogP) is 1.16. The second-order valence-corrected chi connectivity index (χ2v) is 16.3. The Morgan fingerprint density at radius 3 is 0.778 bits per heavy atom. The van der Waals surface area contributed by atoms with Gasteiger partial charge in [0.25, 0.3) is 0 Å². The first kappa shape index (κ1) is 36.0. The summed E-state index contributed by atoms with van der Waals surface area (Å²) in [5, 5.41) is 0. The third kappa shape index (κ3) is 48.7. The van der Waals surface area contributed by atoms with Gasteiger partial charge >= 0.3 is 50.5 Å². The van der Waals surface area contributed by atoms with E-state index in [1.165, 1.54) is 0 Å². The Morgan fingerprint density at radius 1 is 0.778 bits per heavy atom. The molecule has 0 aliphatic heterocycles. The second kappa shape index (κ2) is 44.3. The molecule has 0 amide bonds. The Bertz CT molecular complexity index is 8.26. The minimum atomic E-state index is 0. The van der Waals surface area contributed by atoms with Crippen molar-refractivity contribution in [3.8, 4) is 0 Å². The molecule has 0 rings (SSSR count). The number of hydrogen-bond donors (Lipinski definition) is 0. The molecule has 9 heteroatoms. The van der Waals surface area contributed by atoms with Gasteiger partial charge in [0, 0.05) is 150 Å². The Kier molecular flexibility index (Phi) is 177. The van der Waals surface area contributed by atoms with Gasteiger partial charge in [-0.1, -0.05) is 0 Å². The molecule has 0 saturated heterocycles. The fraction of sp³-hybridized carbons (Fsp3) is 0. The monoisotopic (exact) mass is 882 g/mol. The van der Waals surface area contributed by atoms with E-state index in [0.717, 1.165) is 0 Å². The van der Waals surface area contributed by atoms with Gasteiger partial charge in [0.15, 0.2) is 0 Å². The fourth-order valence-electron chi connectivity index (χ4n) is 0. The van der Waals surface area contributed by atoms with E-state index in [1.807, 2.05) is 0 Å². The Morgan fingerprint density at radius 2 is 0.778 bits per heavy atom. The summed E-state index contributed by atoms with van der Waals surface area (Å²) in [6, 6.07) is 0. The van der Waals surface area contributed by atoms with Crippen LogP contribution < -0.4 is 13.3 Å². The summed E-state index contributed by atoms with van der Waals surface area (Å²) in [6.45, 7) is 0. The first-order valence-corrected chi connectivity index (χ1v) is 19.3.